The molecule has 0 bridgehead atoms. The average molecular weight is 337 g/mol. The van der Waals surface area contributed by atoms with Gasteiger partial charge in [0.1, 0.15) is 23.2 Å². The molecule has 6 heteroatoms. The van der Waals surface area contributed by atoms with Gasteiger partial charge in [-0.2, -0.15) is 0 Å². The van der Waals surface area contributed by atoms with Crippen molar-refractivity contribution in [2.75, 3.05) is 13.1 Å². The summed E-state index contributed by atoms with van der Waals surface area (Å²) in [5.41, 5.74) is 0.831. The number of furan rings is 1. The van der Waals surface area contributed by atoms with Crippen molar-refractivity contribution in [2.24, 2.45) is 0 Å². The zero-order chi connectivity index (χ0) is 17.1. The summed E-state index contributed by atoms with van der Waals surface area (Å²) in [4.78, 5) is 18.1. The number of para-hydroxylation sites is 1. The lowest BCUT2D eigenvalue weighted by Gasteiger charge is -2.17. The molecule has 1 unspecified atom stereocenters. The highest BCUT2D eigenvalue weighted by Crippen LogP contribution is 2.19. The number of carbonyl (C=O) groups excluding carboxylic acids is 1. The highest BCUT2D eigenvalue weighted by Gasteiger charge is 2.27. The second-order valence-electron chi connectivity index (χ2n) is 6.07. The normalized spacial score (nSPS) is 17.0. The zero-order valence-corrected chi connectivity index (χ0v) is 13.7. The molecule has 2 amide bonds. The average Bonchev–Trinajstić information content (AvgIpc) is 3.27. The standard InChI is InChI=1S/C19H19N3O3/c23-19(21-12-17-10-14-4-1-2-6-18(14)25-17)22-9-7-16(13-22)24-15-5-3-8-20-11-15/h1-6,8,10-11,16H,7,9,12-13H2,(H,21,23). The summed E-state index contributed by atoms with van der Waals surface area (Å²) in [6.07, 6.45) is 4.21. The molecule has 3 aromatic rings. The second kappa shape index (κ2) is 6.84. The zero-order valence-electron chi connectivity index (χ0n) is 13.7. The molecule has 2 aromatic heterocycles. The second-order valence-corrected chi connectivity index (χ2v) is 6.07. The molecule has 1 atom stereocenters. The van der Waals surface area contributed by atoms with Gasteiger partial charge in [0.05, 0.1) is 19.3 Å². The van der Waals surface area contributed by atoms with E-state index in [1.165, 1.54) is 0 Å². The van der Waals surface area contributed by atoms with E-state index in [1.807, 2.05) is 42.5 Å². The van der Waals surface area contributed by atoms with Crippen LogP contribution in [-0.4, -0.2) is 35.1 Å². The molecule has 128 valence electrons. The number of amides is 2. The minimum Gasteiger partial charge on any atom is -0.487 e. The van der Waals surface area contributed by atoms with E-state index in [4.69, 9.17) is 9.15 Å². The monoisotopic (exact) mass is 337 g/mol. The third-order valence-corrected chi connectivity index (χ3v) is 4.26. The summed E-state index contributed by atoms with van der Waals surface area (Å²) in [5.74, 6) is 1.48. The third kappa shape index (κ3) is 3.57. The Morgan fingerprint density at radius 2 is 2.24 bits per heavy atom. The van der Waals surface area contributed by atoms with Gasteiger partial charge in [-0.15, -0.1) is 0 Å². The fourth-order valence-electron chi connectivity index (χ4n) is 3.02. The topological polar surface area (TPSA) is 67.6 Å². The van der Waals surface area contributed by atoms with Crippen LogP contribution in [0.1, 0.15) is 12.2 Å². The van der Waals surface area contributed by atoms with Gasteiger partial charge in [0.15, 0.2) is 0 Å². The minimum atomic E-state index is -0.0993. The fraction of sp³-hybridized carbons (Fsp3) is 0.263. The molecule has 1 fully saturated rings. The van der Waals surface area contributed by atoms with Crippen molar-refractivity contribution in [3.05, 3.63) is 60.6 Å². The number of nitrogens with zero attached hydrogens (tertiary/aromatic N) is 2. The molecule has 3 heterocycles. The van der Waals surface area contributed by atoms with Gasteiger partial charge >= 0.3 is 6.03 Å². The number of likely N-dealkylation sites (tertiary alicyclic amines) is 1. The number of benzene rings is 1. The van der Waals surface area contributed by atoms with Crippen LogP contribution < -0.4 is 10.1 Å². The van der Waals surface area contributed by atoms with Gasteiger partial charge in [-0.3, -0.25) is 4.98 Å². The Balaban J connectivity index is 1.30. The van der Waals surface area contributed by atoms with Crippen molar-refractivity contribution in [1.29, 1.82) is 0 Å². The van der Waals surface area contributed by atoms with Crippen molar-refractivity contribution < 1.29 is 13.9 Å². The van der Waals surface area contributed by atoms with E-state index in [1.54, 1.807) is 17.3 Å². The van der Waals surface area contributed by atoms with Crippen LogP contribution >= 0.6 is 0 Å². The summed E-state index contributed by atoms with van der Waals surface area (Å²) in [5, 5.41) is 3.95. The van der Waals surface area contributed by atoms with Gasteiger partial charge < -0.3 is 19.4 Å². The molecule has 1 N–H and O–H groups in total. The SMILES string of the molecule is O=C(NCc1cc2ccccc2o1)N1CCC(Oc2cccnc2)C1. The Labute approximate surface area is 145 Å². The first-order valence-corrected chi connectivity index (χ1v) is 8.35. The number of urea groups is 1. The Kier molecular flexibility index (Phi) is 4.24. The molecule has 0 aliphatic carbocycles. The van der Waals surface area contributed by atoms with Crippen molar-refractivity contribution in [3.8, 4) is 5.75 Å². The number of carbonyl (C=O) groups is 1. The Hall–Kier alpha value is -3.02. The molecule has 1 aromatic carbocycles. The largest absolute Gasteiger partial charge is 0.487 e. The van der Waals surface area contributed by atoms with E-state index < -0.39 is 0 Å². The van der Waals surface area contributed by atoms with Gasteiger partial charge in [-0.1, -0.05) is 18.2 Å². The van der Waals surface area contributed by atoms with Crippen LogP contribution in [0, 0.1) is 0 Å². The molecular weight excluding hydrogens is 318 g/mol. The predicted octanol–water partition coefficient (Wildman–Crippen LogP) is 3.19. The quantitative estimate of drug-likeness (QED) is 0.794. The van der Waals surface area contributed by atoms with E-state index in [0.717, 1.165) is 28.9 Å². The lowest BCUT2D eigenvalue weighted by molar-refractivity contribution is 0.186. The molecule has 1 saturated heterocycles. The highest BCUT2D eigenvalue weighted by atomic mass is 16.5. The summed E-state index contributed by atoms with van der Waals surface area (Å²) < 4.78 is 11.6. The number of pyridine rings is 1. The third-order valence-electron chi connectivity index (χ3n) is 4.26. The van der Waals surface area contributed by atoms with Crippen LogP contribution in [0.3, 0.4) is 0 Å². The van der Waals surface area contributed by atoms with Crippen LogP contribution in [0.4, 0.5) is 4.79 Å². The van der Waals surface area contributed by atoms with Gasteiger partial charge in [0.25, 0.3) is 0 Å². The van der Waals surface area contributed by atoms with Crippen molar-refractivity contribution in [1.82, 2.24) is 15.2 Å². The molecular formula is C19H19N3O3. The molecule has 0 saturated carbocycles. The maximum Gasteiger partial charge on any atom is 0.317 e. The number of hydrogen-bond acceptors (Lipinski definition) is 4. The van der Waals surface area contributed by atoms with Crippen LogP contribution in [0.5, 0.6) is 5.75 Å². The fourth-order valence-corrected chi connectivity index (χ4v) is 3.02. The molecule has 6 nitrogen and oxygen atoms in total. The van der Waals surface area contributed by atoms with E-state index in [0.29, 0.717) is 19.6 Å². The minimum absolute atomic E-state index is 0.00107. The van der Waals surface area contributed by atoms with Gasteiger partial charge in [0.2, 0.25) is 0 Å². The van der Waals surface area contributed by atoms with Crippen LogP contribution in [-0.2, 0) is 6.54 Å². The molecule has 1 aliphatic heterocycles. The number of fused-ring (bicyclic) bond motifs is 1. The first kappa shape index (κ1) is 15.5. The maximum absolute atomic E-state index is 12.3. The van der Waals surface area contributed by atoms with E-state index in [9.17, 15) is 4.79 Å². The Morgan fingerprint density at radius 1 is 1.32 bits per heavy atom. The summed E-state index contributed by atoms with van der Waals surface area (Å²) >= 11 is 0. The summed E-state index contributed by atoms with van der Waals surface area (Å²) in [6, 6.07) is 13.4. The van der Waals surface area contributed by atoms with Crippen molar-refractivity contribution >= 4 is 17.0 Å². The van der Waals surface area contributed by atoms with Crippen LogP contribution in [0.25, 0.3) is 11.0 Å². The lowest BCUT2D eigenvalue weighted by Crippen LogP contribution is -2.39. The molecule has 4 rings (SSSR count). The number of aromatic nitrogens is 1. The number of hydrogen-bond donors (Lipinski definition) is 1. The van der Waals surface area contributed by atoms with Crippen molar-refractivity contribution in [3.63, 3.8) is 0 Å². The van der Waals surface area contributed by atoms with Gasteiger partial charge in [-0.05, 0) is 24.3 Å². The highest BCUT2D eigenvalue weighted by molar-refractivity contribution is 5.78. The molecule has 0 spiro atoms. The molecule has 1 aliphatic rings. The van der Waals surface area contributed by atoms with Gasteiger partial charge in [-0.25, -0.2) is 4.79 Å². The Morgan fingerprint density at radius 3 is 3.08 bits per heavy atom. The van der Waals surface area contributed by atoms with Crippen LogP contribution in [0.15, 0.2) is 59.3 Å². The van der Waals surface area contributed by atoms with Gasteiger partial charge in [0, 0.05) is 24.5 Å². The number of ether oxygens (including phenoxy) is 1. The summed E-state index contributed by atoms with van der Waals surface area (Å²) in [7, 11) is 0. The van der Waals surface area contributed by atoms with Crippen molar-refractivity contribution in [2.45, 2.75) is 19.1 Å². The molecule has 0 radical (unpaired) electrons. The van der Waals surface area contributed by atoms with E-state index in [2.05, 4.69) is 10.3 Å². The first-order chi connectivity index (χ1) is 12.3. The van der Waals surface area contributed by atoms with E-state index in [-0.39, 0.29) is 12.1 Å². The van der Waals surface area contributed by atoms with Crippen LogP contribution in [0.2, 0.25) is 0 Å². The lowest BCUT2D eigenvalue weighted by atomic mass is 10.2. The smallest absolute Gasteiger partial charge is 0.317 e. The molecule has 25 heavy (non-hydrogen) atoms. The van der Waals surface area contributed by atoms with E-state index >= 15 is 0 Å². The Bertz CT molecular complexity index is 829. The first-order valence-electron chi connectivity index (χ1n) is 8.35. The number of nitrogens with one attached hydrogen (secondary N) is 1. The maximum atomic E-state index is 12.3. The summed E-state index contributed by atoms with van der Waals surface area (Å²) in [6.45, 7) is 1.62. The predicted molar refractivity (Wildman–Crippen MR) is 93.3 cm³/mol. The number of rotatable bonds is 4.